The number of likely N-dealkylation sites (tertiary alicyclic amines) is 1. The molecule has 2 aromatic rings. The van der Waals surface area contributed by atoms with E-state index < -0.39 is 145 Å². The minimum atomic E-state index is -1.84. The van der Waals surface area contributed by atoms with Crippen molar-refractivity contribution >= 4 is 71.0 Å². The number of hydrogen-bond acceptors (Lipinski definition) is 17. The van der Waals surface area contributed by atoms with Crippen LogP contribution in [-0.2, 0) is 65.6 Å². The first-order chi connectivity index (χ1) is 36.4. The molecule has 31 nitrogen and oxygen atoms in total. The number of hydrogen-bond donors (Lipinski definition) is 17. The Kier molecular flexibility index (Phi) is 25.8. The van der Waals surface area contributed by atoms with Crippen molar-refractivity contribution in [2.45, 2.75) is 132 Å². The van der Waals surface area contributed by atoms with Crippen molar-refractivity contribution in [3.05, 3.63) is 54.1 Å². The molecule has 424 valence electrons. The topological polar surface area (TPSA) is 527 Å². The molecular formula is C46H70N16O15. The van der Waals surface area contributed by atoms with Crippen LogP contribution in [0, 0.1) is 0 Å². The van der Waals surface area contributed by atoms with Gasteiger partial charge in [0.25, 0.3) is 0 Å². The Morgan fingerprint density at radius 3 is 1.79 bits per heavy atom. The lowest BCUT2D eigenvalue weighted by Crippen LogP contribution is -2.61. The molecular weight excluding hydrogens is 1020 g/mol. The number of carboxylic acids is 1. The van der Waals surface area contributed by atoms with E-state index in [-0.39, 0.29) is 76.8 Å². The van der Waals surface area contributed by atoms with E-state index in [0.29, 0.717) is 11.3 Å². The number of H-pyrrole nitrogens is 1. The predicted octanol–water partition coefficient (Wildman–Crippen LogP) is -8.06. The number of guanidine groups is 1. The van der Waals surface area contributed by atoms with Gasteiger partial charge >= 0.3 is 5.97 Å². The number of nitrogens with two attached hydrogens (primary N) is 5. The Morgan fingerprint density at radius 2 is 1.23 bits per heavy atom. The third kappa shape index (κ3) is 21.1. The lowest BCUT2D eigenvalue weighted by Gasteiger charge is -2.30. The van der Waals surface area contributed by atoms with Crippen molar-refractivity contribution in [3.8, 4) is 0 Å². The first-order valence-electron chi connectivity index (χ1n) is 24.4. The number of nitrogens with zero attached hydrogens (tertiary/aromatic N) is 3. The maximum atomic E-state index is 14.2. The molecule has 22 N–H and O–H groups in total. The van der Waals surface area contributed by atoms with Gasteiger partial charge in [-0.05, 0) is 51.0 Å². The van der Waals surface area contributed by atoms with Crippen molar-refractivity contribution in [1.29, 1.82) is 0 Å². The monoisotopic (exact) mass is 1090 g/mol. The van der Waals surface area contributed by atoms with Crippen LogP contribution in [0.4, 0.5) is 0 Å². The zero-order valence-corrected chi connectivity index (χ0v) is 42.2. The smallest absolute Gasteiger partial charge is 0.328 e. The number of aliphatic hydroxyl groups excluding tert-OH is 3. The van der Waals surface area contributed by atoms with E-state index in [1.165, 1.54) is 12.5 Å². The van der Waals surface area contributed by atoms with Gasteiger partial charge < -0.3 is 96.2 Å². The van der Waals surface area contributed by atoms with Crippen molar-refractivity contribution in [1.82, 2.24) is 52.1 Å². The highest BCUT2D eigenvalue weighted by molar-refractivity contribution is 5.98. The number of carbonyl (C=O) groups excluding carboxylic acids is 10. The van der Waals surface area contributed by atoms with Crippen LogP contribution in [0.3, 0.4) is 0 Å². The average Bonchev–Trinajstić information content (AvgIpc) is 4.10. The van der Waals surface area contributed by atoms with Gasteiger partial charge in [0.1, 0.15) is 42.3 Å². The number of aliphatic imine (C=N–C) groups is 1. The zero-order valence-electron chi connectivity index (χ0n) is 42.2. The number of primary amides is 2. The van der Waals surface area contributed by atoms with Gasteiger partial charge in [-0.25, -0.2) is 9.78 Å². The number of nitrogens with one attached hydrogen (secondary N) is 8. The Balaban J connectivity index is 1.83. The fourth-order valence-corrected chi connectivity index (χ4v) is 7.80. The van der Waals surface area contributed by atoms with Crippen molar-refractivity contribution in [2.24, 2.45) is 33.7 Å². The summed E-state index contributed by atoms with van der Waals surface area (Å²) in [6, 6.07) is -5.73. The third-order valence-electron chi connectivity index (χ3n) is 12.0. The van der Waals surface area contributed by atoms with Crippen LogP contribution >= 0.6 is 0 Å². The fourth-order valence-electron chi connectivity index (χ4n) is 7.80. The maximum absolute atomic E-state index is 14.2. The molecule has 77 heavy (non-hydrogen) atoms. The molecule has 1 aromatic carbocycles. The van der Waals surface area contributed by atoms with Gasteiger partial charge in [-0.2, -0.15) is 0 Å². The second-order valence-electron chi connectivity index (χ2n) is 18.0. The quantitative estimate of drug-likeness (QED) is 0.0179. The average molecular weight is 1090 g/mol. The van der Waals surface area contributed by atoms with Crippen LogP contribution in [0.25, 0.3) is 0 Å². The van der Waals surface area contributed by atoms with Crippen molar-refractivity contribution < 1.29 is 73.2 Å². The van der Waals surface area contributed by atoms with Crippen LogP contribution in [0.1, 0.15) is 69.5 Å². The molecule has 10 atom stereocenters. The molecule has 1 aromatic heterocycles. The first-order valence-corrected chi connectivity index (χ1v) is 24.4. The Bertz CT molecular complexity index is 2390. The van der Waals surface area contributed by atoms with E-state index in [1.807, 2.05) is 0 Å². The molecule has 0 unspecified atom stereocenters. The van der Waals surface area contributed by atoms with Gasteiger partial charge in [0.15, 0.2) is 12.0 Å². The number of benzene rings is 1. The van der Waals surface area contributed by atoms with Crippen LogP contribution in [-0.4, -0.2) is 193 Å². The van der Waals surface area contributed by atoms with Gasteiger partial charge in [0, 0.05) is 50.7 Å². The standard InChI is InChI=1S/C46H70N16O15/c1-23(65)36(45(76)77)61-39(70)27(9-5-15-53-46(50)51)56-43(74)33-10-6-16-62(33)44(75)32(21-64)60-42(73)31(20-63)59-40(71)29(17-24-7-3-2-4-8-24)57-41(72)30(18-25-19-52-22-54-25)58-38(69)28(12-14-35(49)67)55-37(68)26(47)11-13-34(48)66/h2-4,7-8,19,22-23,26-33,36,63-65H,5-6,9-18,20-21,47H2,1H3,(H2,48,66)(H2,49,67)(H,52,54)(H,55,68)(H,56,74)(H,57,72)(H,58,69)(H,59,71)(H,60,73)(H,61,70)(H,76,77)(H4,50,51,53)/t23-,26+,27+,28+,29+,30+,31+,32+,33+,36+/m1/s1. The molecule has 2 heterocycles. The number of rotatable bonds is 33. The van der Waals surface area contributed by atoms with Gasteiger partial charge in [0.2, 0.25) is 59.1 Å². The lowest BCUT2D eigenvalue weighted by atomic mass is 10.0. The highest BCUT2D eigenvalue weighted by Crippen LogP contribution is 2.20. The van der Waals surface area contributed by atoms with E-state index in [1.54, 1.807) is 30.3 Å². The first kappa shape index (κ1) is 63.0. The van der Waals surface area contributed by atoms with Gasteiger partial charge in [-0.1, -0.05) is 30.3 Å². The Hall–Kier alpha value is -8.29. The molecule has 31 heteroatoms. The summed E-state index contributed by atoms with van der Waals surface area (Å²) in [5.74, 6) is -11.3. The number of carbonyl (C=O) groups is 11. The van der Waals surface area contributed by atoms with Crippen LogP contribution in [0.15, 0.2) is 47.8 Å². The number of aromatic amines is 1. The molecule has 10 amide bonds. The summed E-state index contributed by atoms with van der Waals surface area (Å²) in [5, 5.41) is 56.9. The minimum absolute atomic E-state index is 0.0168. The van der Waals surface area contributed by atoms with Crippen LogP contribution in [0.2, 0.25) is 0 Å². The SMILES string of the molecule is C[C@@H](O)[C@H](NC(=O)[C@H](CCCN=C(N)N)NC(=O)[C@@H]1CCCN1C(=O)[C@H](CO)NC(=O)[C@H](CO)NC(=O)[C@H](Cc1ccccc1)NC(=O)[C@H](Cc1cnc[nH]1)NC(=O)[C@H](CCC(N)=O)NC(=O)[C@@H](N)CCC(N)=O)C(=O)O. The molecule has 0 radical (unpaired) electrons. The second kappa shape index (κ2) is 31.6. The van der Waals surface area contributed by atoms with Gasteiger partial charge in [0.05, 0.1) is 31.7 Å². The molecule has 0 spiro atoms. The van der Waals surface area contributed by atoms with Crippen LogP contribution in [0.5, 0.6) is 0 Å². The summed E-state index contributed by atoms with van der Waals surface area (Å²) in [4.78, 5) is 156. The number of imidazole rings is 1. The number of aromatic nitrogens is 2. The summed E-state index contributed by atoms with van der Waals surface area (Å²) in [6.07, 6.45) is -0.296. The molecule has 1 aliphatic rings. The summed E-state index contributed by atoms with van der Waals surface area (Å²) >= 11 is 0. The van der Waals surface area contributed by atoms with E-state index >= 15 is 0 Å². The van der Waals surface area contributed by atoms with E-state index in [2.05, 4.69) is 52.2 Å². The fraction of sp³-hybridized carbons (Fsp3) is 0.543. The number of carboxylic acid groups (broad SMARTS) is 1. The Labute approximate surface area is 441 Å². The van der Waals surface area contributed by atoms with E-state index in [0.717, 1.165) is 11.8 Å². The van der Waals surface area contributed by atoms with Gasteiger partial charge in [-0.3, -0.25) is 52.9 Å². The molecule has 1 saturated heterocycles. The van der Waals surface area contributed by atoms with E-state index in [4.69, 9.17) is 28.7 Å². The predicted molar refractivity (Wildman–Crippen MR) is 269 cm³/mol. The molecule has 3 rings (SSSR count). The van der Waals surface area contributed by atoms with Crippen LogP contribution < -0.4 is 65.9 Å². The Morgan fingerprint density at radius 1 is 0.701 bits per heavy atom. The number of aliphatic carboxylic acids is 1. The van der Waals surface area contributed by atoms with Crippen molar-refractivity contribution in [2.75, 3.05) is 26.3 Å². The highest BCUT2D eigenvalue weighted by atomic mass is 16.4. The maximum Gasteiger partial charge on any atom is 0.328 e. The van der Waals surface area contributed by atoms with E-state index in [9.17, 15) is 73.2 Å². The molecule has 0 bridgehead atoms. The number of amides is 10. The summed E-state index contributed by atoms with van der Waals surface area (Å²) in [7, 11) is 0. The normalized spacial score (nSPS) is 16.5. The molecule has 0 aliphatic carbocycles. The second-order valence-corrected chi connectivity index (χ2v) is 18.0. The summed E-state index contributed by atoms with van der Waals surface area (Å²) in [6.45, 7) is -1.04. The summed E-state index contributed by atoms with van der Waals surface area (Å²) < 4.78 is 0. The largest absolute Gasteiger partial charge is 0.480 e. The zero-order chi connectivity index (χ0) is 57.4. The van der Waals surface area contributed by atoms with Gasteiger partial charge in [-0.15, -0.1) is 0 Å². The molecule has 1 fully saturated rings. The highest BCUT2D eigenvalue weighted by Gasteiger charge is 2.40. The van der Waals surface area contributed by atoms with Crippen molar-refractivity contribution in [3.63, 3.8) is 0 Å². The number of aliphatic hydroxyl groups is 3. The lowest BCUT2D eigenvalue weighted by molar-refractivity contribution is -0.146. The molecule has 1 aliphatic heterocycles. The molecule has 0 saturated carbocycles. The minimum Gasteiger partial charge on any atom is -0.480 e. The third-order valence-corrected chi connectivity index (χ3v) is 12.0. The summed E-state index contributed by atoms with van der Waals surface area (Å²) in [5.41, 5.74) is 27.9.